The molecule has 1 unspecified atom stereocenters. The van der Waals surface area contributed by atoms with Gasteiger partial charge >= 0.3 is 0 Å². The third kappa shape index (κ3) is 6.00. The Morgan fingerprint density at radius 2 is 1.79 bits per heavy atom. The number of anilines is 1. The fourth-order valence-electron chi connectivity index (χ4n) is 4.60. The van der Waals surface area contributed by atoms with E-state index in [1.54, 1.807) is 36.9 Å². The van der Waals surface area contributed by atoms with Crippen LogP contribution in [0.1, 0.15) is 25.8 Å². The van der Waals surface area contributed by atoms with Crippen LogP contribution in [0.3, 0.4) is 0 Å². The van der Waals surface area contributed by atoms with Crippen LogP contribution >= 0.6 is 0 Å². The van der Waals surface area contributed by atoms with Gasteiger partial charge in [-0.25, -0.2) is 5.10 Å². The number of para-hydroxylation sites is 1. The number of aromatic amines is 1. The van der Waals surface area contributed by atoms with Crippen molar-refractivity contribution in [1.82, 2.24) is 25.9 Å². The first-order valence-electron chi connectivity index (χ1n) is 12.5. The number of hydrogen-bond donors (Lipinski definition) is 3. The average Bonchev–Trinajstić information content (AvgIpc) is 3.43. The average molecular weight is 544 g/mol. The van der Waals surface area contributed by atoms with Gasteiger partial charge < -0.3 is 20.5 Å². The number of nitrogens with zero attached hydrogens (tertiary/aromatic N) is 4. The molecule has 0 spiro atoms. The molecular formula is C28H29N7O3S. The Balaban J connectivity index is 1.43. The highest BCUT2D eigenvalue weighted by molar-refractivity contribution is 7.91. The summed E-state index contributed by atoms with van der Waals surface area (Å²) in [5, 5.41) is 17.0. The zero-order chi connectivity index (χ0) is 27.6. The fraction of sp³-hybridized carbons (Fsp3) is 0.250. The molecular weight excluding hydrogens is 514 g/mol. The first-order valence-corrected chi connectivity index (χ1v) is 13.8. The summed E-state index contributed by atoms with van der Waals surface area (Å²) in [5.74, 6) is -0.104. The first-order chi connectivity index (χ1) is 18.7. The number of nitrogens with one attached hydrogen (secondary N) is 2. The zero-order valence-electron chi connectivity index (χ0n) is 21.6. The molecule has 39 heavy (non-hydrogen) atoms. The summed E-state index contributed by atoms with van der Waals surface area (Å²) in [6.07, 6.45) is 0.0451. The largest absolute Gasteiger partial charge is 0.611 e. The second kappa shape index (κ2) is 11.0. The molecule has 2 amide bonds. The summed E-state index contributed by atoms with van der Waals surface area (Å²) in [6.45, 7) is 3.73. The number of tetrazole rings is 1. The van der Waals surface area contributed by atoms with E-state index in [1.807, 2.05) is 54.6 Å². The van der Waals surface area contributed by atoms with Crippen molar-refractivity contribution in [1.29, 1.82) is 0 Å². The van der Waals surface area contributed by atoms with Crippen LogP contribution in [0.25, 0.3) is 22.5 Å². The van der Waals surface area contributed by atoms with Crippen LogP contribution in [-0.2, 0) is 27.3 Å². The topological polar surface area (TPSA) is 153 Å². The predicted molar refractivity (Wildman–Crippen MR) is 149 cm³/mol. The highest BCUT2D eigenvalue weighted by Crippen LogP contribution is 2.33. The Labute approximate surface area is 229 Å². The molecule has 3 aromatic carbocycles. The molecule has 0 fully saturated rings. The standard InChI is InChI=1S/C28H29N7O3S/c1-28(2,29)15-25(36)30-22-17-39(38)24-10-6-5-9-23(24)35(27(22)37)16-18-11-13-19(14-12-18)20-7-3-4-8-21(20)26-31-33-34-32-26/h3-14,22H,15-17,29H2,1-2H3,(H,30,36)(H,31,32,33,34)/t22-,39?/m1/s1. The molecule has 0 saturated carbocycles. The Bertz CT molecular complexity index is 1470. The Kier molecular flexibility index (Phi) is 7.47. The number of benzene rings is 3. The van der Waals surface area contributed by atoms with E-state index in [4.69, 9.17) is 5.73 Å². The monoisotopic (exact) mass is 543 g/mol. The Morgan fingerprint density at radius 3 is 2.49 bits per heavy atom. The molecule has 4 aromatic rings. The van der Waals surface area contributed by atoms with Crippen LogP contribution in [0.2, 0.25) is 0 Å². The first kappa shape index (κ1) is 26.5. The minimum Gasteiger partial charge on any atom is -0.611 e. The van der Waals surface area contributed by atoms with Crippen molar-refractivity contribution in [3.63, 3.8) is 0 Å². The minimum atomic E-state index is -1.48. The molecule has 2 heterocycles. The molecule has 1 aliphatic rings. The van der Waals surface area contributed by atoms with Gasteiger partial charge in [-0.1, -0.05) is 60.7 Å². The quantitative estimate of drug-likeness (QED) is 0.303. The van der Waals surface area contributed by atoms with Crippen LogP contribution in [0.5, 0.6) is 0 Å². The molecule has 4 N–H and O–H groups in total. The molecule has 0 radical (unpaired) electrons. The molecule has 2 atom stereocenters. The van der Waals surface area contributed by atoms with Crippen molar-refractivity contribution in [3.05, 3.63) is 78.4 Å². The molecule has 10 nitrogen and oxygen atoms in total. The Morgan fingerprint density at radius 1 is 1.10 bits per heavy atom. The van der Waals surface area contributed by atoms with Gasteiger partial charge in [0.2, 0.25) is 5.91 Å². The number of rotatable bonds is 7. The predicted octanol–water partition coefficient (Wildman–Crippen LogP) is 2.80. The number of H-pyrrole nitrogens is 1. The lowest BCUT2D eigenvalue weighted by Gasteiger charge is -2.25. The minimum absolute atomic E-state index is 0.00466. The molecule has 0 saturated heterocycles. The van der Waals surface area contributed by atoms with E-state index in [0.29, 0.717) is 16.4 Å². The molecule has 200 valence electrons. The number of aromatic nitrogens is 4. The Hall–Kier alpha value is -4.06. The normalized spacial score (nSPS) is 17.4. The van der Waals surface area contributed by atoms with Gasteiger partial charge in [-0.3, -0.25) is 9.59 Å². The van der Waals surface area contributed by atoms with Crippen LogP contribution < -0.4 is 16.0 Å². The van der Waals surface area contributed by atoms with Gasteiger partial charge in [-0.2, -0.15) is 0 Å². The van der Waals surface area contributed by atoms with Gasteiger partial charge in [0.1, 0.15) is 5.75 Å². The smallest absolute Gasteiger partial charge is 0.254 e. The molecule has 0 aliphatic carbocycles. The van der Waals surface area contributed by atoms with Crippen molar-refractivity contribution in [2.24, 2.45) is 5.73 Å². The molecule has 1 aromatic heterocycles. The number of carbonyl (C=O) groups is 2. The highest BCUT2D eigenvalue weighted by Gasteiger charge is 2.38. The summed E-state index contributed by atoms with van der Waals surface area (Å²) in [6, 6.07) is 21.9. The van der Waals surface area contributed by atoms with E-state index >= 15 is 0 Å². The highest BCUT2D eigenvalue weighted by atomic mass is 32.2. The van der Waals surface area contributed by atoms with Crippen molar-refractivity contribution in [2.75, 3.05) is 10.7 Å². The number of carbonyl (C=O) groups excluding carboxylic acids is 2. The van der Waals surface area contributed by atoms with Gasteiger partial charge in [-0.05, 0) is 64.3 Å². The SMILES string of the molecule is CC(C)(N)CC(=O)N[C@@H]1C[S+]([O-])c2ccccc2N(Cc2ccc(-c3ccccc3-c3nnn[nH]3)cc2)C1=O. The van der Waals surface area contributed by atoms with E-state index in [9.17, 15) is 14.1 Å². The van der Waals surface area contributed by atoms with E-state index in [0.717, 1.165) is 22.3 Å². The van der Waals surface area contributed by atoms with Crippen LogP contribution in [0, 0.1) is 0 Å². The fourth-order valence-corrected chi connectivity index (χ4v) is 5.95. The summed E-state index contributed by atoms with van der Waals surface area (Å²) >= 11 is -1.48. The lowest BCUT2D eigenvalue weighted by Crippen LogP contribution is -2.52. The van der Waals surface area contributed by atoms with E-state index < -0.39 is 22.8 Å². The summed E-state index contributed by atoms with van der Waals surface area (Å²) in [5.41, 5.74) is 9.50. The van der Waals surface area contributed by atoms with Gasteiger partial charge in [0, 0.05) is 17.5 Å². The lowest BCUT2D eigenvalue weighted by atomic mass is 9.98. The molecule has 0 bridgehead atoms. The maximum absolute atomic E-state index is 13.7. The summed E-state index contributed by atoms with van der Waals surface area (Å²) < 4.78 is 13.2. The van der Waals surface area contributed by atoms with Crippen LogP contribution in [0.4, 0.5) is 5.69 Å². The maximum Gasteiger partial charge on any atom is 0.254 e. The summed E-state index contributed by atoms with van der Waals surface area (Å²) in [4.78, 5) is 28.5. The number of fused-ring (bicyclic) bond motifs is 1. The van der Waals surface area contributed by atoms with Crippen molar-refractivity contribution < 1.29 is 14.1 Å². The van der Waals surface area contributed by atoms with Crippen molar-refractivity contribution in [2.45, 2.75) is 43.3 Å². The third-order valence-electron chi connectivity index (χ3n) is 6.37. The second-order valence-corrected chi connectivity index (χ2v) is 11.6. The van der Waals surface area contributed by atoms with Crippen LogP contribution in [0.15, 0.2) is 77.7 Å². The van der Waals surface area contributed by atoms with Crippen molar-refractivity contribution in [3.8, 4) is 22.5 Å². The van der Waals surface area contributed by atoms with E-state index in [1.165, 1.54) is 0 Å². The molecule has 11 heteroatoms. The van der Waals surface area contributed by atoms with Crippen molar-refractivity contribution >= 4 is 28.7 Å². The van der Waals surface area contributed by atoms with Crippen LogP contribution in [-0.4, -0.2) is 54.3 Å². The number of hydrogen-bond acceptors (Lipinski definition) is 7. The second-order valence-electron chi connectivity index (χ2n) is 10.2. The third-order valence-corrected chi connectivity index (χ3v) is 7.84. The maximum atomic E-state index is 13.7. The van der Waals surface area contributed by atoms with Gasteiger partial charge in [0.05, 0.1) is 12.2 Å². The van der Waals surface area contributed by atoms with Gasteiger partial charge in [0.25, 0.3) is 5.91 Å². The van der Waals surface area contributed by atoms with Gasteiger partial charge in [-0.15, -0.1) is 5.10 Å². The molecule has 5 rings (SSSR count). The summed E-state index contributed by atoms with van der Waals surface area (Å²) in [7, 11) is 0. The number of amides is 2. The molecule has 1 aliphatic heterocycles. The zero-order valence-corrected chi connectivity index (χ0v) is 22.4. The van der Waals surface area contributed by atoms with E-state index in [-0.39, 0.29) is 30.5 Å². The van der Waals surface area contributed by atoms with E-state index in [2.05, 4.69) is 25.9 Å². The van der Waals surface area contributed by atoms with Gasteiger partial charge in [0.15, 0.2) is 16.8 Å². The number of nitrogens with two attached hydrogens (primary N) is 1. The lowest BCUT2D eigenvalue weighted by molar-refractivity contribution is -0.127.